The van der Waals surface area contributed by atoms with E-state index in [-0.39, 0.29) is 6.03 Å². The number of nitrogens with two attached hydrogens (primary N) is 1. The van der Waals surface area contributed by atoms with Crippen LogP contribution in [0.25, 0.3) is 0 Å². The molecular weight excluding hydrogens is 260 g/mol. The van der Waals surface area contributed by atoms with Crippen molar-refractivity contribution in [3.63, 3.8) is 0 Å². The normalized spacial score (nSPS) is 12.7. The first-order valence-electron chi connectivity index (χ1n) is 6.46. The van der Waals surface area contributed by atoms with Crippen LogP contribution in [0.15, 0.2) is 12.1 Å². The number of fused-ring (bicyclic) bond motifs is 1. The molecule has 0 bridgehead atoms. The maximum atomic E-state index is 11.3. The van der Waals surface area contributed by atoms with Crippen LogP contribution in [-0.4, -0.2) is 51.3 Å². The zero-order chi connectivity index (χ0) is 14.5. The minimum Gasteiger partial charge on any atom is -0.486 e. The van der Waals surface area contributed by atoms with Crippen molar-refractivity contribution in [2.75, 3.05) is 51.4 Å². The minimum atomic E-state index is -0.123. The number of carbonyl (C=O) groups is 1. The van der Waals surface area contributed by atoms with E-state index >= 15 is 0 Å². The molecule has 0 aliphatic carbocycles. The highest BCUT2D eigenvalue weighted by atomic mass is 16.6. The minimum absolute atomic E-state index is 0.123. The zero-order valence-corrected chi connectivity index (χ0v) is 11.7. The summed E-state index contributed by atoms with van der Waals surface area (Å²) < 4.78 is 10.9. The molecule has 0 spiro atoms. The van der Waals surface area contributed by atoms with Gasteiger partial charge in [0.15, 0.2) is 11.5 Å². The average molecular weight is 280 g/mol. The number of urea groups is 1. The standard InChI is InChI=1S/C13H20N4O3/c1-17(2)13(18)16-4-3-15-10-8-12-11(7-9(10)14)19-5-6-20-12/h7-8,15H,3-6,14H2,1-2H3,(H,16,18). The van der Waals surface area contributed by atoms with Gasteiger partial charge in [0.2, 0.25) is 0 Å². The fraction of sp³-hybridized carbons (Fsp3) is 0.462. The van der Waals surface area contributed by atoms with E-state index in [0.29, 0.717) is 43.5 Å². The summed E-state index contributed by atoms with van der Waals surface area (Å²) in [5.74, 6) is 1.35. The Hall–Kier alpha value is -2.31. The molecule has 0 saturated carbocycles. The van der Waals surface area contributed by atoms with E-state index in [0.717, 1.165) is 5.69 Å². The van der Waals surface area contributed by atoms with Gasteiger partial charge in [-0.15, -0.1) is 0 Å². The second kappa shape index (κ2) is 6.23. The van der Waals surface area contributed by atoms with Crippen molar-refractivity contribution in [1.29, 1.82) is 0 Å². The van der Waals surface area contributed by atoms with Gasteiger partial charge in [0.1, 0.15) is 13.2 Å². The molecule has 4 N–H and O–H groups in total. The topological polar surface area (TPSA) is 88.9 Å². The molecule has 0 saturated heterocycles. The molecule has 20 heavy (non-hydrogen) atoms. The molecule has 1 aromatic rings. The molecule has 0 aromatic heterocycles. The first-order chi connectivity index (χ1) is 9.58. The van der Waals surface area contributed by atoms with Gasteiger partial charge in [-0.2, -0.15) is 0 Å². The van der Waals surface area contributed by atoms with Gasteiger partial charge >= 0.3 is 6.03 Å². The third kappa shape index (κ3) is 3.37. The van der Waals surface area contributed by atoms with Crippen molar-refractivity contribution in [3.8, 4) is 11.5 Å². The Balaban J connectivity index is 1.88. The third-order valence-electron chi connectivity index (χ3n) is 2.84. The second-order valence-electron chi connectivity index (χ2n) is 4.64. The Kier molecular flexibility index (Phi) is 4.39. The van der Waals surface area contributed by atoms with E-state index in [1.165, 1.54) is 4.90 Å². The zero-order valence-electron chi connectivity index (χ0n) is 11.7. The van der Waals surface area contributed by atoms with Crippen molar-refractivity contribution in [2.45, 2.75) is 0 Å². The number of hydrogen-bond donors (Lipinski definition) is 3. The summed E-state index contributed by atoms with van der Waals surface area (Å²) in [6, 6.07) is 3.44. The summed E-state index contributed by atoms with van der Waals surface area (Å²) in [5.41, 5.74) is 7.30. The maximum Gasteiger partial charge on any atom is 0.316 e. The van der Waals surface area contributed by atoms with Crippen molar-refractivity contribution >= 4 is 17.4 Å². The van der Waals surface area contributed by atoms with Crippen LogP contribution in [0.1, 0.15) is 0 Å². The molecule has 7 heteroatoms. The first-order valence-corrected chi connectivity index (χ1v) is 6.46. The lowest BCUT2D eigenvalue weighted by Gasteiger charge is -2.20. The molecule has 1 aliphatic rings. The molecule has 0 unspecified atom stereocenters. The monoisotopic (exact) mass is 280 g/mol. The highest BCUT2D eigenvalue weighted by Crippen LogP contribution is 2.36. The van der Waals surface area contributed by atoms with Gasteiger partial charge in [0, 0.05) is 39.3 Å². The van der Waals surface area contributed by atoms with Gasteiger partial charge < -0.3 is 30.7 Å². The number of ether oxygens (including phenoxy) is 2. The smallest absolute Gasteiger partial charge is 0.316 e. The van der Waals surface area contributed by atoms with Crippen molar-refractivity contribution in [1.82, 2.24) is 10.2 Å². The van der Waals surface area contributed by atoms with Crippen molar-refractivity contribution in [3.05, 3.63) is 12.1 Å². The first kappa shape index (κ1) is 14.1. The average Bonchev–Trinajstić information content (AvgIpc) is 2.43. The highest BCUT2D eigenvalue weighted by Gasteiger charge is 2.14. The molecular formula is C13H20N4O3. The Morgan fingerprint density at radius 2 is 1.90 bits per heavy atom. The van der Waals surface area contributed by atoms with Crippen LogP contribution in [0.4, 0.5) is 16.2 Å². The van der Waals surface area contributed by atoms with E-state index < -0.39 is 0 Å². The van der Waals surface area contributed by atoms with E-state index in [9.17, 15) is 4.79 Å². The Morgan fingerprint density at radius 3 is 2.55 bits per heavy atom. The molecule has 2 amide bonds. The molecule has 1 aromatic carbocycles. The Labute approximate surface area is 118 Å². The summed E-state index contributed by atoms with van der Waals surface area (Å²) >= 11 is 0. The number of hydrogen-bond acceptors (Lipinski definition) is 5. The molecule has 2 rings (SSSR count). The predicted molar refractivity (Wildman–Crippen MR) is 77.4 cm³/mol. The SMILES string of the molecule is CN(C)C(=O)NCCNc1cc2c(cc1N)OCCO2. The fourth-order valence-electron chi connectivity index (χ4n) is 1.78. The largest absolute Gasteiger partial charge is 0.486 e. The van der Waals surface area contributed by atoms with E-state index in [2.05, 4.69) is 10.6 Å². The van der Waals surface area contributed by atoms with Crippen molar-refractivity contribution in [2.24, 2.45) is 0 Å². The molecule has 0 radical (unpaired) electrons. The number of rotatable bonds is 4. The summed E-state index contributed by atoms with van der Waals surface area (Å²) in [6.07, 6.45) is 0. The van der Waals surface area contributed by atoms with E-state index in [4.69, 9.17) is 15.2 Å². The van der Waals surface area contributed by atoms with Gasteiger partial charge in [0.05, 0.1) is 11.4 Å². The Morgan fingerprint density at radius 1 is 1.25 bits per heavy atom. The third-order valence-corrected chi connectivity index (χ3v) is 2.84. The molecule has 1 aliphatic heterocycles. The van der Waals surface area contributed by atoms with Crippen LogP contribution in [0.3, 0.4) is 0 Å². The molecule has 110 valence electrons. The maximum absolute atomic E-state index is 11.3. The molecule has 0 fully saturated rings. The number of carbonyl (C=O) groups excluding carboxylic acids is 1. The van der Waals surface area contributed by atoms with Gasteiger partial charge in [-0.3, -0.25) is 0 Å². The lowest BCUT2D eigenvalue weighted by atomic mass is 10.2. The number of nitrogens with zero attached hydrogens (tertiary/aromatic N) is 1. The summed E-state index contributed by atoms with van der Waals surface area (Å²) in [7, 11) is 3.39. The summed E-state index contributed by atoms with van der Waals surface area (Å²) in [4.78, 5) is 12.8. The molecule has 0 atom stereocenters. The van der Waals surface area contributed by atoms with Crippen LogP contribution in [0, 0.1) is 0 Å². The predicted octanol–water partition coefficient (Wildman–Crippen LogP) is 0.723. The lowest BCUT2D eigenvalue weighted by Crippen LogP contribution is -2.37. The molecule has 1 heterocycles. The lowest BCUT2D eigenvalue weighted by molar-refractivity contribution is 0.172. The number of nitrogen functional groups attached to an aromatic ring is 1. The van der Waals surface area contributed by atoms with Crippen LogP contribution >= 0.6 is 0 Å². The summed E-state index contributed by atoms with van der Waals surface area (Å²) in [6.45, 7) is 2.15. The quantitative estimate of drug-likeness (QED) is 0.559. The number of benzene rings is 1. The van der Waals surface area contributed by atoms with E-state index in [1.807, 2.05) is 6.07 Å². The van der Waals surface area contributed by atoms with Gasteiger partial charge in [0.25, 0.3) is 0 Å². The van der Waals surface area contributed by atoms with E-state index in [1.54, 1.807) is 20.2 Å². The van der Waals surface area contributed by atoms with Crippen molar-refractivity contribution < 1.29 is 14.3 Å². The number of amides is 2. The second-order valence-corrected chi connectivity index (χ2v) is 4.64. The van der Waals surface area contributed by atoms with Crippen LogP contribution in [-0.2, 0) is 0 Å². The number of nitrogens with one attached hydrogen (secondary N) is 2. The van der Waals surface area contributed by atoms with Gasteiger partial charge in [-0.25, -0.2) is 4.79 Å². The highest BCUT2D eigenvalue weighted by molar-refractivity contribution is 5.74. The Bertz CT molecular complexity index is 491. The fourth-order valence-corrected chi connectivity index (χ4v) is 1.78. The van der Waals surface area contributed by atoms with Crippen LogP contribution < -0.4 is 25.8 Å². The van der Waals surface area contributed by atoms with Crippen LogP contribution in [0.2, 0.25) is 0 Å². The molecule has 7 nitrogen and oxygen atoms in total. The van der Waals surface area contributed by atoms with Crippen LogP contribution in [0.5, 0.6) is 11.5 Å². The number of anilines is 2. The van der Waals surface area contributed by atoms with Gasteiger partial charge in [-0.05, 0) is 0 Å². The summed E-state index contributed by atoms with van der Waals surface area (Å²) in [5, 5.41) is 5.93. The van der Waals surface area contributed by atoms with Gasteiger partial charge in [-0.1, -0.05) is 0 Å².